The molecule has 1 atom stereocenters. The molecule has 3 rings (SSSR count). The number of anilines is 1. The number of methoxy groups -OCH3 is 1. The van der Waals surface area contributed by atoms with Gasteiger partial charge < -0.3 is 29.9 Å². The first-order chi connectivity index (χ1) is 18.4. The Kier molecular flexibility index (Phi) is 11.3. The number of alkyl carbamates (subject to hydrolysis) is 1. The van der Waals surface area contributed by atoms with Gasteiger partial charge in [0.05, 0.1) is 12.8 Å². The Morgan fingerprint density at radius 2 is 1.82 bits per heavy atom. The number of carbonyl (C=O) groups is 3. The van der Waals surface area contributed by atoms with Crippen LogP contribution in [0.25, 0.3) is 0 Å². The second kappa shape index (κ2) is 14.9. The highest BCUT2D eigenvalue weighted by molar-refractivity contribution is 6.31. The third kappa shape index (κ3) is 8.69. The van der Waals surface area contributed by atoms with E-state index in [2.05, 4.69) is 22.1 Å². The number of amides is 3. The number of piperazine rings is 1. The number of rotatable bonds is 12. The first-order valence-electron chi connectivity index (χ1n) is 12.7. The second-order valence-corrected chi connectivity index (χ2v) is 9.31. The van der Waals surface area contributed by atoms with Gasteiger partial charge in [0.2, 0.25) is 11.8 Å². The number of hydrogen-bond donors (Lipinski definition) is 2. The van der Waals surface area contributed by atoms with Gasteiger partial charge >= 0.3 is 6.09 Å². The summed E-state index contributed by atoms with van der Waals surface area (Å²) in [6.07, 6.45) is 2.29. The number of carbonyl (C=O) groups excluding carboxylic acids is 3. The molecule has 0 saturated carbocycles. The Morgan fingerprint density at radius 1 is 1.08 bits per heavy atom. The zero-order valence-corrected chi connectivity index (χ0v) is 22.4. The molecule has 10 heteroatoms. The van der Waals surface area contributed by atoms with Crippen molar-refractivity contribution >= 4 is 35.2 Å². The smallest absolute Gasteiger partial charge is 0.408 e. The van der Waals surface area contributed by atoms with Crippen molar-refractivity contribution in [3.05, 3.63) is 71.8 Å². The van der Waals surface area contributed by atoms with Gasteiger partial charge in [-0.05, 0) is 49.1 Å². The van der Waals surface area contributed by atoms with Crippen molar-refractivity contribution in [2.75, 3.05) is 44.7 Å². The van der Waals surface area contributed by atoms with Gasteiger partial charge in [0.15, 0.2) is 0 Å². The van der Waals surface area contributed by atoms with Crippen LogP contribution in [0.5, 0.6) is 5.75 Å². The SMILES string of the molecule is C=CC(=O)NCCCC[C@H](NC(=O)OCc1ccccc1)C(=O)N1CCN(c2cc(Cl)ccc2OC)CC1. The summed E-state index contributed by atoms with van der Waals surface area (Å²) in [4.78, 5) is 41.3. The minimum absolute atomic E-state index is 0.112. The van der Waals surface area contributed by atoms with Crippen LogP contribution < -0.4 is 20.3 Å². The van der Waals surface area contributed by atoms with Crippen molar-refractivity contribution in [3.8, 4) is 5.75 Å². The lowest BCUT2D eigenvalue weighted by molar-refractivity contribution is -0.134. The van der Waals surface area contributed by atoms with Gasteiger partial charge in [-0.1, -0.05) is 48.5 Å². The van der Waals surface area contributed by atoms with Gasteiger partial charge in [-0.2, -0.15) is 0 Å². The quantitative estimate of drug-likeness (QED) is 0.313. The molecule has 0 aromatic heterocycles. The summed E-state index contributed by atoms with van der Waals surface area (Å²) in [5.41, 5.74) is 1.74. The van der Waals surface area contributed by atoms with Gasteiger partial charge in [0.1, 0.15) is 18.4 Å². The summed E-state index contributed by atoms with van der Waals surface area (Å²) < 4.78 is 10.8. The first-order valence-corrected chi connectivity index (χ1v) is 13.0. The van der Waals surface area contributed by atoms with Gasteiger partial charge in [-0.15, -0.1) is 0 Å². The van der Waals surface area contributed by atoms with Crippen LogP contribution in [0.4, 0.5) is 10.5 Å². The van der Waals surface area contributed by atoms with E-state index in [1.165, 1.54) is 6.08 Å². The van der Waals surface area contributed by atoms with Gasteiger partial charge in [0.25, 0.3) is 0 Å². The Hall–Kier alpha value is -3.72. The minimum Gasteiger partial charge on any atom is -0.495 e. The van der Waals surface area contributed by atoms with Crippen LogP contribution in [-0.2, 0) is 20.9 Å². The summed E-state index contributed by atoms with van der Waals surface area (Å²) in [6, 6.07) is 14.1. The minimum atomic E-state index is -0.736. The van der Waals surface area contributed by atoms with E-state index in [9.17, 15) is 14.4 Å². The molecule has 38 heavy (non-hydrogen) atoms. The second-order valence-electron chi connectivity index (χ2n) is 8.88. The predicted molar refractivity (Wildman–Crippen MR) is 147 cm³/mol. The maximum atomic E-state index is 13.5. The molecule has 0 bridgehead atoms. The Morgan fingerprint density at radius 3 is 2.50 bits per heavy atom. The fourth-order valence-corrected chi connectivity index (χ4v) is 4.39. The molecular formula is C28H35ClN4O5. The summed E-state index contributed by atoms with van der Waals surface area (Å²) in [5.74, 6) is 0.322. The van der Waals surface area contributed by atoms with Crippen molar-refractivity contribution in [3.63, 3.8) is 0 Å². The highest BCUT2D eigenvalue weighted by atomic mass is 35.5. The third-order valence-corrected chi connectivity index (χ3v) is 6.52. The number of unbranched alkanes of at least 4 members (excludes halogenated alkanes) is 1. The van der Waals surface area contributed by atoms with E-state index in [-0.39, 0.29) is 18.4 Å². The summed E-state index contributed by atoms with van der Waals surface area (Å²) in [7, 11) is 1.61. The van der Waals surface area contributed by atoms with Crippen LogP contribution >= 0.6 is 11.6 Å². The lowest BCUT2D eigenvalue weighted by Gasteiger charge is -2.38. The molecule has 1 fully saturated rings. The molecule has 0 spiro atoms. The number of nitrogens with one attached hydrogen (secondary N) is 2. The number of nitrogens with zero attached hydrogens (tertiary/aromatic N) is 2. The third-order valence-electron chi connectivity index (χ3n) is 6.28. The van der Waals surface area contributed by atoms with Crippen LogP contribution in [-0.4, -0.2) is 68.7 Å². The highest BCUT2D eigenvalue weighted by Gasteiger charge is 2.29. The van der Waals surface area contributed by atoms with E-state index in [1.807, 2.05) is 42.5 Å². The van der Waals surface area contributed by atoms with Crippen molar-refractivity contribution in [1.82, 2.24) is 15.5 Å². The maximum absolute atomic E-state index is 13.5. The van der Waals surface area contributed by atoms with Gasteiger partial charge in [-0.25, -0.2) is 4.79 Å². The van der Waals surface area contributed by atoms with E-state index >= 15 is 0 Å². The lowest BCUT2D eigenvalue weighted by atomic mass is 10.1. The molecule has 9 nitrogen and oxygen atoms in total. The average Bonchev–Trinajstić information content (AvgIpc) is 2.95. The number of benzene rings is 2. The Balaban J connectivity index is 1.58. The van der Waals surface area contributed by atoms with Crippen LogP contribution in [0.15, 0.2) is 61.2 Å². The molecule has 2 aromatic carbocycles. The van der Waals surface area contributed by atoms with Crippen molar-refractivity contribution in [1.29, 1.82) is 0 Å². The molecule has 2 aromatic rings. The van der Waals surface area contributed by atoms with Crippen molar-refractivity contribution < 1.29 is 23.9 Å². The van der Waals surface area contributed by atoms with E-state index in [0.717, 1.165) is 17.0 Å². The van der Waals surface area contributed by atoms with E-state index in [1.54, 1.807) is 18.1 Å². The fourth-order valence-electron chi connectivity index (χ4n) is 4.22. The lowest BCUT2D eigenvalue weighted by Crippen LogP contribution is -2.55. The molecule has 3 amide bonds. The molecule has 1 aliphatic heterocycles. The normalized spacial score (nSPS) is 13.8. The van der Waals surface area contributed by atoms with Crippen LogP contribution in [0.1, 0.15) is 24.8 Å². The van der Waals surface area contributed by atoms with Crippen molar-refractivity contribution in [2.24, 2.45) is 0 Å². The molecular weight excluding hydrogens is 508 g/mol. The monoisotopic (exact) mass is 542 g/mol. The largest absolute Gasteiger partial charge is 0.495 e. The molecule has 2 N–H and O–H groups in total. The molecule has 0 radical (unpaired) electrons. The standard InChI is InChI=1S/C28H35ClN4O5/c1-3-26(34)30-14-8-7-11-23(31-28(36)38-20-21-9-5-4-6-10-21)27(35)33-17-15-32(16-18-33)24-19-22(29)12-13-25(24)37-2/h3-6,9-10,12-13,19,23H,1,7-8,11,14-18,20H2,2H3,(H,30,34)(H,31,36)/t23-/m0/s1. The van der Waals surface area contributed by atoms with Crippen LogP contribution in [0, 0.1) is 0 Å². The highest BCUT2D eigenvalue weighted by Crippen LogP contribution is 2.32. The Labute approximate surface area is 228 Å². The molecule has 0 unspecified atom stereocenters. The number of hydrogen-bond acceptors (Lipinski definition) is 6. The van der Waals surface area contributed by atoms with Crippen LogP contribution in [0.2, 0.25) is 5.02 Å². The number of halogens is 1. The van der Waals surface area contributed by atoms with E-state index in [0.29, 0.717) is 57.0 Å². The fraction of sp³-hybridized carbons (Fsp3) is 0.393. The Bertz CT molecular complexity index is 1090. The summed E-state index contributed by atoms with van der Waals surface area (Å²) in [5, 5.41) is 6.09. The zero-order chi connectivity index (χ0) is 27.3. The number of ether oxygens (including phenoxy) is 2. The van der Waals surface area contributed by atoms with Crippen LogP contribution in [0.3, 0.4) is 0 Å². The average molecular weight is 543 g/mol. The van der Waals surface area contributed by atoms with Gasteiger partial charge in [0, 0.05) is 37.7 Å². The molecule has 204 valence electrons. The molecule has 1 aliphatic rings. The predicted octanol–water partition coefficient (Wildman–Crippen LogP) is 3.76. The molecule has 1 heterocycles. The van der Waals surface area contributed by atoms with Gasteiger partial charge in [-0.3, -0.25) is 9.59 Å². The zero-order valence-electron chi connectivity index (χ0n) is 21.7. The topological polar surface area (TPSA) is 100 Å². The summed E-state index contributed by atoms with van der Waals surface area (Å²) in [6.45, 7) is 6.18. The maximum Gasteiger partial charge on any atom is 0.408 e. The first kappa shape index (κ1) is 28.8. The van der Waals surface area contributed by atoms with E-state index in [4.69, 9.17) is 21.1 Å². The summed E-state index contributed by atoms with van der Waals surface area (Å²) >= 11 is 6.20. The van der Waals surface area contributed by atoms with E-state index < -0.39 is 12.1 Å². The molecule has 0 aliphatic carbocycles. The van der Waals surface area contributed by atoms with Crippen molar-refractivity contribution in [2.45, 2.75) is 31.9 Å². The molecule has 1 saturated heterocycles.